The number of benzene rings is 2. The predicted octanol–water partition coefficient (Wildman–Crippen LogP) is 4.23. The largest absolute Gasteiger partial charge is 0.497 e. The number of anilines is 2. The second-order valence-electron chi connectivity index (χ2n) is 8.37. The van der Waals surface area contributed by atoms with Gasteiger partial charge in [0.1, 0.15) is 17.2 Å². The molecule has 10 heteroatoms. The summed E-state index contributed by atoms with van der Waals surface area (Å²) >= 11 is 0. The molecule has 174 valence electrons. The van der Waals surface area contributed by atoms with Crippen LogP contribution in [0.4, 0.5) is 16.2 Å². The van der Waals surface area contributed by atoms with Crippen LogP contribution >= 0.6 is 0 Å². The van der Waals surface area contributed by atoms with E-state index < -0.39 is 12.0 Å². The molecule has 0 bridgehead atoms. The van der Waals surface area contributed by atoms with Gasteiger partial charge in [-0.15, -0.1) is 5.10 Å². The standard InChI is InChI=1S/C23H27N5O5/c1-13-20(26-27-28(13)18-12-15(32-5)8-10-19(18)33-6)21(29)24-17-11-14(23(2,3)4)7-9-16(17)25-22(30)31/h7-12,25H,1-6H3,(H,24,29)(H,30,31). The Hall–Kier alpha value is -4.08. The Bertz CT molecular complexity index is 1200. The average molecular weight is 453 g/mol. The molecule has 10 nitrogen and oxygen atoms in total. The van der Waals surface area contributed by atoms with Crippen LogP contribution in [-0.4, -0.2) is 46.3 Å². The number of methoxy groups -OCH3 is 2. The average Bonchev–Trinajstić information content (AvgIpc) is 3.14. The van der Waals surface area contributed by atoms with Gasteiger partial charge in [-0.25, -0.2) is 9.48 Å². The van der Waals surface area contributed by atoms with Gasteiger partial charge in [0.05, 0.1) is 31.3 Å². The summed E-state index contributed by atoms with van der Waals surface area (Å²) in [6.45, 7) is 7.77. The zero-order valence-electron chi connectivity index (χ0n) is 19.4. The molecule has 0 saturated heterocycles. The van der Waals surface area contributed by atoms with Crippen LogP contribution in [0.25, 0.3) is 5.69 Å². The van der Waals surface area contributed by atoms with Crippen LogP contribution in [0.15, 0.2) is 36.4 Å². The molecule has 0 fully saturated rings. The first-order chi connectivity index (χ1) is 15.5. The Kier molecular flexibility index (Phi) is 6.57. The number of nitrogens with one attached hydrogen (secondary N) is 2. The molecular weight excluding hydrogens is 426 g/mol. The van der Waals surface area contributed by atoms with Crippen LogP contribution in [0.1, 0.15) is 42.5 Å². The Morgan fingerprint density at radius 2 is 1.73 bits per heavy atom. The number of nitrogens with zero attached hydrogens (tertiary/aromatic N) is 3. The highest BCUT2D eigenvalue weighted by molar-refractivity contribution is 6.06. The molecule has 1 aromatic heterocycles. The van der Waals surface area contributed by atoms with E-state index in [0.29, 0.717) is 28.6 Å². The van der Waals surface area contributed by atoms with Gasteiger partial charge in [-0.2, -0.15) is 0 Å². The second-order valence-corrected chi connectivity index (χ2v) is 8.37. The lowest BCUT2D eigenvalue weighted by Crippen LogP contribution is -2.19. The van der Waals surface area contributed by atoms with Crippen molar-refractivity contribution < 1.29 is 24.2 Å². The predicted molar refractivity (Wildman–Crippen MR) is 124 cm³/mol. The molecule has 0 radical (unpaired) electrons. The molecule has 2 aromatic carbocycles. The first-order valence-electron chi connectivity index (χ1n) is 10.2. The van der Waals surface area contributed by atoms with Crippen molar-refractivity contribution in [3.05, 3.63) is 53.3 Å². The summed E-state index contributed by atoms with van der Waals surface area (Å²) in [7, 11) is 3.08. The van der Waals surface area contributed by atoms with Gasteiger partial charge in [-0.3, -0.25) is 10.1 Å². The summed E-state index contributed by atoms with van der Waals surface area (Å²) < 4.78 is 12.2. The van der Waals surface area contributed by atoms with Crippen LogP contribution in [0.3, 0.4) is 0 Å². The Labute approximate surface area is 191 Å². The van der Waals surface area contributed by atoms with E-state index in [9.17, 15) is 9.59 Å². The molecule has 0 unspecified atom stereocenters. The van der Waals surface area contributed by atoms with Crippen molar-refractivity contribution >= 4 is 23.4 Å². The smallest absolute Gasteiger partial charge is 0.409 e. The molecule has 0 saturated carbocycles. The van der Waals surface area contributed by atoms with Gasteiger partial charge in [0, 0.05) is 6.07 Å². The van der Waals surface area contributed by atoms with Gasteiger partial charge < -0.3 is 19.9 Å². The maximum atomic E-state index is 13.1. The van der Waals surface area contributed by atoms with Crippen molar-refractivity contribution in [2.24, 2.45) is 0 Å². The summed E-state index contributed by atoms with van der Waals surface area (Å²) in [5, 5.41) is 22.4. The molecule has 0 aliphatic heterocycles. The van der Waals surface area contributed by atoms with Crippen molar-refractivity contribution in [1.29, 1.82) is 0 Å². The second kappa shape index (κ2) is 9.19. The normalized spacial score (nSPS) is 11.1. The van der Waals surface area contributed by atoms with E-state index in [0.717, 1.165) is 5.56 Å². The zero-order chi connectivity index (χ0) is 24.3. The van der Waals surface area contributed by atoms with E-state index in [4.69, 9.17) is 14.6 Å². The van der Waals surface area contributed by atoms with Crippen LogP contribution in [0, 0.1) is 6.92 Å². The van der Waals surface area contributed by atoms with Crippen molar-refractivity contribution in [3.63, 3.8) is 0 Å². The van der Waals surface area contributed by atoms with Crippen molar-refractivity contribution in [2.75, 3.05) is 24.9 Å². The molecule has 2 amide bonds. The SMILES string of the molecule is COc1ccc(OC)c(-n2nnc(C(=O)Nc3cc(C(C)(C)C)ccc3NC(=O)O)c2C)c1. The fourth-order valence-corrected chi connectivity index (χ4v) is 3.25. The summed E-state index contributed by atoms with van der Waals surface area (Å²) in [6, 6.07) is 10.4. The van der Waals surface area contributed by atoms with Crippen LogP contribution in [0.2, 0.25) is 0 Å². The molecule has 0 atom stereocenters. The molecule has 1 heterocycles. The highest BCUT2D eigenvalue weighted by atomic mass is 16.5. The quantitative estimate of drug-likeness (QED) is 0.509. The number of hydrogen-bond donors (Lipinski definition) is 3. The molecule has 0 aliphatic rings. The van der Waals surface area contributed by atoms with E-state index in [2.05, 4.69) is 20.9 Å². The Balaban J connectivity index is 1.99. The van der Waals surface area contributed by atoms with Crippen molar-refractivity contribution in [3.8, 4) is 17.2 Å². The van der Waals surface area contributed by atoms with Crippen molar-refractivity contribution in [1.82, 2.24) is 15.0 Å². The minimum Gasteiger partial charge on any atom is -0.497 e. The first-order valence-corrected chi connectivity index (χ1v) is 10.2. The third-order valence-corrected chi connectivity index (χ3v) is 5.10. The summed E-state index contributed by atoms with van der Waals surface area (Å²) in [6.07, 6.45) is -1.23. The number of hydrogen-bond acceptors (Lipinski definition) is 6. The molecule has 0 spiro atoms. The van der Waals surface area contributed by atoms with Crippen LogP contribution < -0.4 is 20.1 Å². The molecule has 3 N–H and O–H groups in total. The third kappa shape index (κ3) is 5.05. The van der Waals surface area contributed by atoms with Gasteiger partial charge in [0.15, 0.2) is 5.69 Å². The molecule has 0 aliphatic carbocycles. The number of ether oxygens (including phenoxy) is 2. The van der Waals surface area contributed by atoms with Gasteiger partial charge in [0.25, 0.3) is 5.91 Å². The fourth-order valence-electron chi connectivity index (χ4n) is 3.25. The number of amides is 2. The Morgan fingerprint density at radius 1 is 1.00 bits per heavy atom. The lowest BCUT2D eigenvalue weighted by Gasteiger charge is -2.21. The lowest BCUT2D eigenvalue weighted by molar-refractivity contribution is 0.102. The Morgan fingerprint density at radius 3 is 2.33 bits per heavy atom. The number of carbonyl (C=O) groups excluding carboxylic acids is 1. The topological polar surface area (TPSA) is 128 Å². The fraction of sp³-hybridized carbons (Fsp3) is 0.304. The van der Waals surface area contributed by atoms with E-state index in [1.807, 2.05) is 26.8 Å². The van der Waals surface area contributed by atoms with E-state index in [1.54, 1.807) is 44.4 Å². The summed E-state index contributed by atoms with van der Waals surface area (Å²) in [4.78, 5) is 24.3. The number of carbonyl (C=O) groups is 2. The molecule has 33 heavy (non-hydrogen) atoms. The van der Waals surface area contributed by atoms with E-state index >= 15 is 0 Å². The highest BCUT2D eigenvalue weighted by Crippen LogP contribution is 2.31. The summed E-state index contributed by atoms with van der Waals surface area (Å²) in [5.41, 5.74) is 2.41. The monoisotopic (exact) mass is 453 g/mol. The lowest BCUT2D eigenvalue weighted by atomic mass is 9.86. The molecule has 3 aromatic rings. The van der Waals surface area contributed by atoms with Gasteiger partial charge in [-0.05, 0) is 42.2 Å². The van der Waals surface area contributed by atoms with Gasteiger partial charge >= 0.3 is 6.09 Å². The number of rotatable bonds is 6. The maximum absolute atomic E-state index is 13.1. The van der Waals surface area contributed by atoms with Crippen LogP contribution in [-0.2, 0) is 5.41 Å². The molecule has 3 rings (SSSR count). The first kappa shape index (κ1) is 23.6. The maximum Gasteiger partial charge on any atom is 0.409 e. The number of aromatic nitrogens is 3. The molecular formula is C23H27N5O5. The zero-order valence-corrected chi connectivity index (χ0v) is 19.4. The highest BCUT2D eigenvalue weighted by Gasteiger charge is 2.22. The van der Waals surface area contributed by atoms with E-state index in [-0.39, 0.29) is 16.8 Å². The van der Waals surface area contributed by atoms with Crippen LogP contribution in [0.5, 0.6) is 11.5 Å². The van der Waals surface area contributed by atoms with Gasteiger partial charge in [0.2, 0.25) is 0 Å². The van der Waals surface area contributed by atoms with Gasteiger partial charge in [-0.1, -0.05) is 32.1 Å². The minimum absolute atomic E-state index is 0.0855. The summed E-state index contributed by atoms with van der Waals surface area (Å²) in [5.74, 6) is 0.594. The van der Waals surface area contributed by atoms with Crippen molar-refractivity contribution in [2.45, 2.75) is 33.1 Å². The minimum atomic E-state index is -1.23. The number of carboxylic acid groups (broad SMARTS) is 1. The third-order valence-electron chi connectivity index (χ3n) is 5.10. The van der Waals surface area contributed by atoms with E-state index in [1.165, 1.54) is 11.8 Å².